The lowest BCUT2D eigenvalue weighted by Gasteiger charge is -2.16. The van der Waals surface area contributed by atoms with Gasteiger partial charge in [-0.1, -0.05) is 24.3 Å². The standard InChI is InChI=1S/C19H19N5O3/c1-23(17(25)6-7-18(26)27)14-8-9-24-11-15(22-16(24)10-14)12-2-4-13(5-3-12)19(20)21/h2-5,8-11H,6-7H2,1H3,(H3,20,21)(H,26,27). The summed E-state index contributed by atoms with van der Waals surface area (Å²) in [6.07, 6.45) is 3.41. The number of nitrogens with two attached hydrogens (primary N) is 1. The van der Waals surface area contributed by atoms with E-state index in [4.69, 9.17) is 16.2 Å². The van der Waals surface area contributed by atoms with Crippen molar-refractivity contribution in [1.29, 1.82) is 5.41 Å². The first-order chi connectivity index (χ1) is 12.8. The molecule has 0 saturated carbocycles. The molecule has 27 heavy (non-hydrogen) atoms. The zero-order valence-electron chi connectivity index (χ0n) is 14.7. The Hall–Kier alpha value is -3.68. The van der Waals surface area contributed by atoms with Gasteiger partial charge in [0.1, 0.15) is 11.5 Å². The van der Waals surface area contributed by atoms with Gasteiger partial charge in [-0.15, -0.1) is 0 Å². The first kappa shape index (κ1) is 18.1. The first-order valence-electron chi connectivity index (χ1n) is 8.27. The van der Waals surface area contributed by atoms with Crippen molar-refractivity contribution in [2.45, 2.75) is 12.8 Å². The Balaban J connectivity index is 1.85. The average Bonchev–Trinajstić information content (AvgIpc) is 3.08. The summed E-state index contributed by atoms with van der Waals surface area (Å²) in [4.78, 5) is 28.7. The number of carbonyl (C=O) groups is 2. The molecule has 8 nitrogen and oxygen atoms in total. The van der Waals surface area contributed by atoms with Crippen LogP contribution in [0.25, 0.3) is 16.9 Å². The van der Waals surface area contributed by atoms with E-state index in [1.54, 1.807) is 37.5 Å². The molecule has 0 spiro atoms. The second-order valence-corrected chi connectivity index (χ2v) is 6.11. The van der Waals surface area contributed by atoms with E-state index in [1.807, 2.05) is 22.7 Å². The SMILES string of the molecule is CN(C(=O)CCC(=O)O)c1ccn2cc(-c3ccc(C(=N)N)cc3)nc2c1. The fraction of sp³-hybridized carbons (Fsp3) is 0.158. The van der Waals surface area contributed by atoms with E-state index in [1.165, 1.54) is 4.90 Å². The molecule has 0 fully saturated rings. The third-order valence-electron chi connectivity index (χ3n) is 4.25. The Kier molecular flexibility index (Phi) is 4.89. The Morgan fingerprint density at radius 2 is 1.93 bits per heavy atom. The summed E-state index contributed by atoms with van der Waals surface area (Å²) in [5, 5.41) is 16.2. The van der Waals surface area contributed by atoms with Crippen molar-refractivity contribution < 1.29 is 14.7 Å². The number of carboxylic acid groups (broad SMARTS) is 1. The number of aromatic nitrogens is 2. The molecule has 0 unspecified atom stereocenters. The van der Waals surface area contributed by atoms with Gasteiger partial charge in [0.2, 0.25) is 5.91 Å². The molecule has 4 N–H and O–H groups in total. The van der Waals surface area contributed by atoms with E-state index < -0.39 is 5.97 Å². The van der Waals surface area contributed by atoms with Crippen molar-refractivity contribution in [1.82, 2.24) is 9.38 Å². The summed E-state index contributed by atoms with van der Waals surface area (Å²) in [6.45, 7) is 0. The van der Waals surface area contributed by atoms with Crippen molar-refractivity contribution >= 4 is 29.0 Å². The minimum absolute atomic E-state index is 0.0109. The molecular formula is C19H19N5O3. The van der Waals surface area contributed by atoms with E-state index in [9.17, 15) is 9.59 Å². The molecule has 0 bridgehead atoms. The summed E-state index contributed by atoms with van der Waals surface area (Å²) in [6, 6.07) is 10.8. The topological polar surface area (TPSA) is 125 Å². The van der Waals surface area contributed by atoms with Crippen LogP contribution in [0.4, 0.5) is 5.69 Å². The Labute approximate surface area is 155 Å². The predicted octanol–water partition coefficient (Wildman–Crippen LogP) is 2.11. The lowest BCUT2D eigenvalue weighted by atomic mass is 10.1. The molecule has 1 aromatic carbocycles. The molecule has 8 heteroatoms. The van der Waals surface area contributed by atoms with Crippen molar-refractivity contribution in [2.75, 3.05) is 11.9 Å². The summed E-state index contributed by atoms with van der Waals surface area (Å²) in [5.74, 6) is -1.26. The van der Waals surface area contributed by atoms with Crippen LogP contribution in [0, 0.1) is 5.41 Å². The molecule has 1 amide bonds. The number of hydrogen-bond donors (Lipinski definition) is 3. The van der Waals surface area contributed by atoms with Crippen LogP contribution >= 0.6 is 0 Å². The maximum absolute atomic E-state index is 12.1. The molecule has 3 aromatic rings. The molecule has 0 aliphatic carbocycles. The average molecular weight is 365 g/mol. The van der Waals surface area contributed by atoms with Crippen LogP contribution in [0.3, 0.4) is 0 Å². The van der Waals surface area contributed by atoms with Gasteiger partial charge in [0.05, 0.1) is 12.1 Å². The molecule has 0 aliphatic rings. The number of carbonyl (C=O) groups excluding carboxylic acids is 1. The lowest BCUT2D eigenvalue weighted by molar-refractivity contribution is -0.138. The van der Waals surface area contributed by atoms with Gasteiger partial charge < -0.3 is 20.1 Å². The quantitative estimate of drug-likeness (QED) is 0.456. The molecule has 2 heterocycles. The molecule has 3 rings (SSSR count). The van der Waals surface area contributed by atoms with Gasteiger partial charge >= 0.3 is 5.97 Å². The minimum atomic E-state index is -0.999. The zero-order valence-corrected chi connectivity index (χ0v) is 14.7. The number of fused-ring (bicyclic) bond motifs is 1. The second kappa shape index (κ2) is 7.28. The monoisotopic (exact) mass is 365 g/mol. The van der Waals surface area contributed by atoms with E-state index in [2.05, 4.69) is 4.98 Å². The number of amides is 1. The number of carboxylic acids is 1. The highest BCUT2D eigenvalue weighted by Crippen LogP contribution is 2.22. The van der Waals surface area contributed by atoms with Gasteiger partial charge in [0, 0.05) is 48.7 Å². The fourth-order valence-corrected chi connectivity index (χ4v) is 2.66. The summed E-state index contributed by atoms with van der Waals surface area (Å²) in [7, 11) is 1.61. The third kappa shape index (κ3) is 3.95. The Bertz CT molecular complexity index is 1020. The Morgan fingerprint density at radius 3 is 2.56 bits per heavy atom. The predicted molar refractivity (Wildman–Crippen MR) is 102 cm³/mol. The molecule has 0 aliphatic heterocycles. The molecule has 138 valence electrons. The van der Waals surface area contributed by atoms with Gasteiger partial charge in [-0.2, -0.15) is 0 Å². The number of pyridine rings is 1. The number of rotatable bonds is 6. The number of nitrogens with one attached hydrogen (secondary N) is 1. The lowest BCUT2D eigenvalue weighted by Crippen LogP contribution is -2.26. The van der Waals surface area contributed by atoms with E-state index in [-0.39, 0.29) is 24.6 Å². The smallest absolute Gasteiger partial charge is 0.303 e. The molecule has 0 atom stereocenters. The zero-order chi connectivity index (χ0) is 19.6. The maximum Gasteiger partial charge on any atom is 0.303 e. The number of imidazole rings is 1. The minimum Gasteiger partial charge on any atom is -0.481 e. The van der Waals surface area contributed by atoms with Gasteiger partial charge in [0.25, 0.3) is 0 Å². The maximum atomic E-state index is 12.1. The number of hydrogen-bond acceptors (Lipinski definition) is 4. The Morgan fingerprint density at radius 1 is 1.22 bits per heavy atom. The highest BCUT2D eigenvalue weighted by atomic mass is 16.4. The van der Waals surface area contributed by atoms with Crippen LogP contribution in [-0.4, -0.2) is 39.3 Å². The number of amidine groups is 1. The van der Waals surface area contributed by atoms with E-state index in [0.29, 0.717) is 16.9 Å². The number of anilines is 1. The van der Waals surface area contributed by atoms with Gasteiger partial charge in [-0.25, -0.2) is 4.98 Å². The van der Waals surface area contributed by atoms with Crippen LogP contribution < -0.4 is 10.6 Å². The van der Waals surface area contributed by atoms with Gasteiger partial charge in [-0.05, 0) is 6.07 Å². The largest absolute Gasteiger partial charge is 0.481 e. The second-order valence-electron chi connectivity index (χ2n) is 6.11. The van der Waals surface area contributed by atoms with Gasteiger partial charge in [-0.3, -0.25) is 15.0 Å². The first-order valence-corrected chi connectivity index (χ1v) is 8.27. The highest BCUT2D eigenvalue weighted by molar-refractivity contribution is 5.95. The molecular weight excluding hydrogens is 346 g/mol. The summed E-state index contributed by atoms with van der Waals surface area (Å²) >= 11 is 0. The number of aliphatic carboxylic acids is 1. The van der Waals surface area contributed by atoms with Crippen molar-refractivity contribution in [3.05, 3.63) is 54.4 Å². The van der Waals surface area contributed by atoms with Crippen molar-refractivity contribution in [3.63, 3.8) is 0 Å². The van der Waals surface area contributed by atoms with Crippen LogP contribution in [0.2, 0.25) is 0 Å². The molecule has 0 saturated heterocycles. The van der Waals surface area contributed by atoms with Crippen molar-refractivity contribution in [2.24, 2.45) is 5.73 Å². The van der Waals surface area contributed by atoms with Crippen LogP contribution in [0.5, 0.6) is 0 Å². The van der Waals surface area contributed by atoms with Gasteiger partial charge in [0.15, 0.2) is 0 Å². The van der Waals surface area contributed by atoms with E-state index in [0.717, 1.165) is 11.3 Å². The van der Waals surface area contributed by atoms with Crippen LogP contribution in [0.15, 0.2) is 48.8 Å². The molecule has 2 aromatic heterocycles. The summed E-state index contributed by atoms with van der Waals surface area (Å²) < 4.78 is 1.84. The fourth-order valence-electron chi connectivity index (χ4n) is 2.66. The van der Waals surface area contributed by atoms with Crippen LogP contribution in [0.1, 0.15) is 18.4 Å². The third-order valence-corrected chi connectivity index (χ3v) is 4.25. The normalized spacial score (nSPS) is 10.7. The van der Waals surface area contributed by atoms with E-state index >= 15 is 0 Å². The molecule has 0 radical (unpaired) electrons. The van der Waals surface area contributed by atoms with Crippen molar-refractivity contribution in [3.8, 4) is 11.3 Å². The number of benzene rings is 1. The number of nitrogen functional groups attached to an aromatic ring is 1. The number of nitrogens with zero attached hydrogens (tertiary/aromatic N) is 3. The highest BCUT2D eigenvalue weighted by Gasteiger charge is 2.14. The summed E-state index contributed by atoms with van der Waals surface area (Å²) in [5.41, 5.74) is 9.06. The van der Waals surface area contributed by atoms with Crippen LogP contribution in [-0.2, 0) is 9.59 Å².